The molecule has 0 radical (unpaired) electrons. The lowest BCUT2D eigenvalue weighted by Crippen LogP contribution is -2.63. The van der Waals surface area contributed by atoms with Crippen LogP contribution < -0.4 is 0 Å². The Morgan fingerprint density at radius 3 is 1.15 bits per heavy atom. The second kappa shape index (κ2) is 10.7. The van der Waals surface area contributed by atoms with E-state index in [0.29, 0.717) is 0 Å². The third-order valence-electron chi connectivity index (χ3n) is 3.40. The van der Waals surface area contributed by atoms with E-state index >= 15 is 0 Å². The Morgan fingerprint density at radius 2 is 0.926 bits per heavy atom. The van der Waals surface area contributed by atoms with Gasteiger partial charge in [0.1, 0.15) is 0 Å². The van der Waals surface area contributed by atoms with Gasteiger partial charge < -0.3 is 0 Å². The lowest BCUT2D eigenvalue weighted by molar-refractivity contribution is -0.382. The molecule has 0 saturated heterocycles. The van der Waals surface area contributed by atoms with Crippen molar-refractivity contribution in [1.82, 2.24) is 0 Å². The summed E-state index contributed by atoms with van der Waals surface area (Å²) in [5.41, 5.74) is 0. The van der Waals surface area contributed by atoms with Crippen molar-refractivity contribution < 1.29 is 52.5 Å². The first-order chi connectivity index (χ1) is 11.9. The van der Waals surface area contributed by atoms with E-state index in [4.69, 9.17) is 4.55 Å². The van der Waals surface area contributed by atoms with Gasteiger partial charge in [-0.3, -0.25) is 4.55 Å². The van der Waals surface area contributed by atoms with E-state index in [1.807, 2.05) is 0 Å². The molecule has 0 bridgehead atoms. The van der Waals surface area contributed by atoms with Crippen LogP contribution in [0.15, 0.2) is 0 Å². The SMILES string of the molecule is CCCCCCCCCC.O=S(=O)(O)C(F)(F)C(F)(F)C(F)(F)C(F)(F)F. The highest BCUT2D eigenvalue weighted by molar-refractivity contribution is 7.87. The van der Waals surface area contributed by atoms with Crippen molar-refractivity contribution >= 4 is 10.1 Å². The zero-order valence-electron chi connectivity index (χ0n) is 14.7. The van der Waals surface area contributed by atoms with Crippen molar-refractivity contribution in [3.63, 3.8) is 0 Å². The molecule has 0 unspecified atom stereocenters. The minimum absolute atomic E-state index is 1.37. The Hall–Kier alpha value is -0.720. The van der Waals surface area contributed by atoms with Crippen molar-refractivity contribution in [2.45, 2.75) is 88.5 Å². The van der Waals surface area contributed by atoms with E-state index in [-0.39, 0.29) is 0 Å². The van der Waals surface area contributed by atoms with Gasteiger partial charge in [0.15, 0.2) is 0 Å². The fourth-order valence-electron chi connectivity index (χ4n) is 1.73. The van der Waals surface area contributed by atoms with Gasteiger partial charge >= 0.3 is 33.4 Å². The first-order valence-corrected chi connectivity index (χ1v) is 9.53. The van der Waals surface area contributed by atoms with Crippen LogP contribution in [-0.2, 0) is 10.1 Å². The fraction of sp³-hybridized carbons (Fsp3) is 1.00. The summed E-state index contributed by atoms with van der Waals surface area (Å²) in [6.07, 6.45) is 4.33. The Kier molecular flexibility index (Phi) is 11.3. The maximum atomic E-state index is 12.2. The molecule has 0 atom stereocenters. The molecule has 0 aliphatic rings. The topological polar surface area (TPSA) is 54.4 Å². The number of unbranched alkanes of at least 4 members (excludes halogenated alkanes) is 7. The van der Waals surface area contributed by atoms with Gasteiger partial charge in [-0.25, -0.2) is 0 Å². The molecule has 0 saturated carbocycles. The molecule has 166 valence electrons. The Labute approximate surface area is 152 Å². The molecule has 1 N–H and O–H groups in total. The molecule has 0 fully saturated rings. The summed E-state index contributed by atoms with van der Waals surface area (Å²) in [6, 6.07) is 0. The molecule has 0 aromatic carbocycles. The van der Waals surface area contributed by atoms with Crippen molar-refractivity contribution in [2.24, 2.45) is 0 Å². The Balaban J connectivity index is 0. The van der Waals surface area contributed by atoms with Crippen LogP contribution >= 0.6 is 0 Å². The largest absolute Gasteiger partial charge is 0.460 e. The van der Waals surface area contributed by atoms with E-state index in [9.17, 15) is 47.9 Å². The quantitative estimate of drug-likeness (QED) is 0.240. The van der Waals surface area contributed by atoms with Crippen LogP contribution in [0, 0.1) is 0 Å². The summed E-state index contributed by atoms with van der Waals surface area (Å²) in [4.78, 5) is 0. The number of halogens is 9. The number of hydrogen-bond acceptors (Lipinski definition) is 2. The van der Waals surface area contributed by atoms with E-state index in [1.165, 1.54) is 51.4 Å². The van der Waals surface area contributed by atoms with Crippen molar-refractivity contribution in [3.8, 4) is 0 Å². The summed E-state index contributed by atoms with van der Waals surface area (Å²) < 4.78 is 134. The minimum atomic E-state index is -7.37. The second-order valence-electron chi connectivity index (χ2n) is 5.76. The predicted octanol–water partition coefficient (Wildman–Crippen LogP) is 6.45. The number of hydrogen-bond donors (Lipinski definition) is 1. The first kappa shape index (κ1) is 28.5. The highest BCUT2D eigenvalue weighted by Gasteiger charge is 2.85. The number of rotatable bonds is 10. The third-order valence-corrected chi connectivity index (χ3v) is 4.30. The van der Waals surface area contributed by atoms with Crippen molar-refractivity contribution in [1.29, 1.82) is 0 Å². The minimum Gasteiger partial charge on any atom is -0.281 e. The third kappa shape index (κ3) is 7.66. The van der Waals surface area contributed by atoms with E-state index in [2.05, 4.69) is 13.8 Å². The van der Waals surface area contributed by atoms with Gasteiger partial charge in [-0.2, -0.15) is 47.9 Å². The molecule has 0 aliphatic heterocycles. The number of alkyl halides is 9. The molecule has 0 rings (SSSR count). The summed E-state index contributed by atoms with van der Waals surface area (Å²) in [7, 11) is -7.17. The lowest BCUT2D eigenvalue weighted by Gasteiger charge is -2.31. The molecule has 0 spiro atoms. The van der Waals surface area contributed by atoms with Crippen molar-refractivity contribution in [3.05, 3.63) is 0 Å². The van der Waals surface area contributed by atoms with Gasteiger partial charge in [-0.05, 0) is 0 Å². The second-order valence-corrected chi connectivity index (χ2v) is 7.22. The molecule has 13 heteroatoms. The lowest BCUT2D eigenvalue weighted by atomic mass is 10.1. The maximum Gasteiger partial charge on any atom is 0.460 e. The molecule has 0 aromatic heterocycles. The van der Waals surface area contributed by atoms with Gasteiger partial charge in [0, 0.05) is 0 Å². The monoisotopic (exact) mass is 442 g/mol. The highest BCUT2D eigenvalue weighted by Crippen LogP contribution is 2.54. The average Bonchev–Trinajstić information content (AvgIpc) is 2.49. The smallest absolute Gasteiger partial charge is 0.281 e. The molecule has 0 amide bonds. The van der Waals surface area contributed by atoms with Gasteiger partial charge in [-0.15, -0.1) is 0 Å². The van der Waals surface area contributed by atoms with E-state index in [0.717, 1.165) is 0 Å². The molecule has 3 nitrogen and oxygen atoms in total. The van der Waals surface area contributed by atoms with Crippen LogP contribution in [0.4, 0.5) is 39.5 Å². The van der Waals surface area contributed by atoms with Crippen LogP contribution in [0.25, 0.3) is 0 Å². The van der Waals surface area contributed by atoms with E-state index in [1.54, 1.807) is 0 Å². The molecule has 0 heterocycles. The Bertz CT molecular complexity index is 508. The van der Waals surface area contributed by atoms with Crippen LogP contribution in [0.3, 0.4) is 0 Å². The van der Waals surface area contributed by atoms with Crippen LogP contribution in [0.5, 0.6) is 0 Å². The fourth-order valence-corrected chi connectivity index (χ4v) is 2.18. The van der Waals surface area contributed by atoms with Crippen LogP contribution in [-0.4, -0.2) is 36.2 Å². The summed E-state index contributed by atoms with van der Waals surface area (Å²) in [5, 5.41) is -7.00. The van der Waals surface area contributed by atoms with Crippen LogP contribution in [0.2, 0.25) is 0 Å². The summed E-state index contributed by atoms with van der Waals surface area (Å²) in [6.45, 7) is 4.54. The standard InChI is InChI=1S/C10H22.C4HF9O3S/c1-3-5-7-9-10-8-6-4-2;5-1(6,3(9,10)11)2(7,8)4(12,13)17(14,15)16/h3-10H2,1-2H3;(H,14,15,16). The van der Waals surface area contributed by atoms with Gasteiger partial charge in [0.2, 0.25) is 0 Å². The maximum absolute atomic E-state index is 12.2. The summed E-state index contributed by atoms with van der Waals surface area (Å²) in [5.74, 6) is -14.7. The predicted molar refractivity (Wildman–Crippen MR) is 80.7 cm³/mol. The molecule has 27 heavy (non-hydrogen) atoms. The molecular formula is C14H23F9O3S. The van der Waals surface area contributed by atoms with Gasteiger partial charge in [-0.1, -0.05) is 65.2 Å². The first-order valence-electron chi connectivity index (χ1n) is 8.09. The molecular weight excluding hydrogens is 419 g/mol. The zero-order chi connectivity index (χ0) is 22.2. The van der Waals surface area contributed by atoms with Gasteiger partial charge in [0.25, 0.3) is 0 Å². The Morgan fingerprint density at radius 1 is 0.630 bits per heavy atom. The highest BCUT2D eigenvalue weighted by atomic mass is 32.2. The molecule has 0 aromatic rings. The average molecular weight is 442 g/mol. The van der Waals surface area contributed by atoms with Crippen LogP contribution in [0.1, 0.15) is 65.2 Å². The zero-order valence-corrected chi connectivity index (χ0v) is 15.5. The van der Waals surface area contributed by atoms with Crippen molar-refractivity contribution in [2.75, 3.05) is 0 Å². The van der Waals surface area contributed by atoms with E-state index < -0.39 is 33.4 Å². The molecule has 0 aliphatic carbocycles. The van der Waals surface area contributed by atoms with Gasteiger partial charge in [0.05, 0.1) is 0 Å². The normalized spacial score (nSPS) is 13.9. The summed E-state index contributed by atoms with van der Waals surface area (Å²) >= 11 is 0.